The van der Waals surface area contributed by atoms with Crippen LogP contribution >= 0.6 is 0 Å². The van der Waals surface area contributed by atoms with Crippen LogP contribution in [-0.2, 0) is 14.3 Å². The van der Waals surface area contributed by atoms with E-state index in [4.69, 9.17) is 4.74 Å². The standard InChI is InChI=1S/C22H31N3O4/c1-4-29-22(28)24-10-8-18(9-11-24)23-21(27)17-13-20(26)25(14-17)19-7-5-6-16(12-19)15(2)3/h5-7,12,15,17-18H,4,8-11,13-14H2,1-3H3,(H,23,27)/t17-/m1/s1. The highest BCUT2D eigenvalue weighted by molar-refractivity contribution is 6.00. The van der Waals surface area contributed by atoms with Crippen molar-refractivity contribution in [1.82, 2.24) is 10.2 Å². The van der Waals surface area contributed by atoms with Crippen molar-refractivity contribution in [2.45, 2.75) is 52.0 Å². The van der Waals surface area contributed by atoms with E-state index in [-0.39, 0.29) is 36.3 Å². The Morgan fingerprint density at radius 3 is 2.62 bits per heavy atom. The summed E-state index contributed by atoms with van der Waals surface area (Å²) in [6.07, 6.45) is 1.34. The van der Waals surface area contributed by atoms with Crippen molar-refractivity contribution < 1.29 is 19.1 Å². The third-order valence-corrected chi connectivity index (χ3v) is 5.71. The van der Waals surface area contributed by atoms with Gasteiger partial charge in [0, 0.05) is 37.8 Å². The van der Waals surface area contributed by atoms with Crippen LogP contribution in [0.4, 0.5) is 10.5 Å². The average Bonchev–Trinajstić information content (AvgIpc) is 3.10. The third-order valence-electron chi connectivity index (χ3n) is 5.71. The fraction of sp³-hybridized carbons (Fsp3) is 0.591. The first-order valence-electron chi connectivity index (χ1n) is 10.5. The summed E-state index contributed by atoms with van der Waals surface area (Å²) in [6.45, 7) is 7.94. The number of carbonyl (C=O) groups excluding carboxylic acids is 3. The lowest BCUT2D eigenvalue weighted by Gasteiger charge is -2.32. The smallest absolute Gasteiger partial charge is 0.409 e. The Morgan fingerprint density at radius 1 is 1.24 bits per heavy atom. The molecule has 0 bridgehead atoms. The van der Waals surface area contributed by atoms with Crippen molar-refractivity contribution in [2.24, 2.45) is 5.92 Å². The van der Waals surface area contributed by atoms with Crippen LogP contribution in [0.15, 0.2) is 24.3 Å². The number of amides is 3. The van der Waals surface area contributed by atoms with Crippen LogP contribution in [0, 0.1) is 5.92 Å². The number of nitrogens with zero attached hydrogens (tertiary/aromatic N) is 2. The van der Waals surface area contributed by atoms with E-state index in [1.165, 1.54) is 5.56 Å². The number of benzene rings is 1. The van der Waals surface area contributed by atoms with Gasteiger partial charge in [-0.05, 0) is 43.4 Å². The number of hydrogen-bond acceptors (Lipinski definition) is 4. The second kappa shape index (κ2) is 9.29. The largest absolute Gasteiger partial charge is 0.450 e. The average molecular weight is 402 g/mol. The van der Waals surface area contributed by atoms with Crippen LogP contribution in [-0.4, -0.2) is 55.1 Å². The minimum atomic E-state index is -0.340. The van der Waals surface area contributed by atoms with E-state index < -0.39 is 0 Å². The van der Waals surface area contributed by atoms with Gasteiger partial charge in [-0.25, -0.2) is 4.79 Å². The van der Waals surface area contributed by atoms with Crippen LogP contribution in [0.5, 0.6) is 0 Å². The quantitative estimate of drug-likeness (QED) is 0.823. The predicted molar refractivity (Wildman–Crippen MR) is 111 cm³/mol. The molecule has 1 atom stereocenters. The monoisotopic (exact) mass is 401 g/mol. The normalized spacial score (nSPS) is 20.3. The number of anilines is 1. The van der Waals surface area contributed by atoms with E-state index in [9.17, 15) is 14.4 Å². The fourth-order valence-corrected chi connectivity index (χ4v) is 3.92. The van der Waals surface area contributed by atoms with Gasteiger partial charge < -0.3 is 19.9 Å². The number of piperidine rings is 1. The SMILES string of the molecule is CCOC(=O)N1CCC(NC(=O)[C@@H]2CC(=O)N(c3cccc(C(C)C)c3)C2)CC1. The maximum Gasteiger partial charge on any atom is 0.409 e. The van der Waals surface area contributed by atoms with E-state index in [2.05, 4.69) is 25.2 Å². The molecule has 7 nitrogen and oxygen atoms in total. The number of likely N-dealkylation sites (tertiary alicyclic amines) is 1. The number of ether oxygens (including phenoxy) is 1. The first-order chi connectivity index (χ1) is 13.9. The first-order valence-corrected chi connectivity index (χ1v) is 10.5. The maximum atomic E-state index is 12.7. The van der Waals surface area contributed by atoms with Gasteiger partial charge in [-0.2, -0.15) is 0 Å². The molecule has 29 heavy (non-hydrogen) atoms. The maximum absolute atomic E-state index is 12.7. The van der Waals surface area contributed by atoms with Crippen LogP contribution in [0.3, 0.4) is 0 Å². The molecule has 0 aromatic heterocycles. The van der Waals surface area contributed by atoms with Crippen LogP contribution in [0.25, 0.3) is 0 Å². The van der Waals surface area contributed by atoms with Crippen LogP contribution < -0.4 is 10.2 Å². The highest BCUT2D eigenvalue weighted by Crippen LogP contribution is 2.28. The van der Waals surface area contributed by atoms with Gasteiger partial charge in [0.25, 0.3) is 0 Å². The molecule has 0 aliphatic carbocycles. The Balaban J connectivity index is 1.53. The van der Waals surface area contributed by atoms with E-state index in [0.717, 1.165) is 5.69 Å². The summed E-state index contributed by atoms with van der Waals surface area (Å²) in [4.78, 5) is 40.4. The molecule has 1 aromatic carbocycles. The zero-order chi connectivity index (χ0) is 21.0. The van der Waals surface area contributed by atoms with Crippen molar-refractivity contribution in [3.05, 3.63) is 29.8 Å². The summed E-state index contributed by atoms with van der Waals surface area (Å²) >= 11 is 0. The van der Waals surface area contributed by atoms with E-state index in [1.807, 2.05) is 18.2 Å². The van der Waals surface area contributed by atoms with Crippen molar-refractivity contribution in [3.8, 4) is 0 Å². The van der Waals surface area contributed by atoms with E-state index in [1.54, 1.807) is 16.7 Å². The van der Waals surface area contributed by atoms with E-state index >= 15 is 0 Å². The molecule has 2 aliphatic rings. The molecule has 2 heterocycles. The van der Waals surface area contributed by atoms with Gasteiger partial charge in [0.15, 0.2) is 0 Å². The first kappa shape index (κ1) is 21.1. The molecule has 0 unspecified atom stereocenters. The molecule has 2 aliphatic heterocycles. The third kappa shape index (κ3) is 5.08. The summed E-state index contributed by atoms with van der Waals surface area (Å²) in [5, 5.41) is 3.08. The highest BCUT2D eigenvalue weighted by atomic mass is 16.6. The lowest BCUT2D eigenvalue weighted by atomic mass is 10.0. The fourth-order valence-electron chi connectivity index (χ4n) is 3.92. The Labute approximate surface area is 172 Å². The zero-order valence-corrected chi connectivity index (χ0v) is 17.5. The highest BCUT2D eigenvalue weighted by Gasteiger charge is 2.36. The van der Waals surface area contributed by atoms with Crippen molar-refractivity contribution in [2.75, 3.05) is 31.1 Å². The summed E-state index contributed by atoms with van der Waals surface area (Å²) in [7, 11) is 0. The lowest BCUT2D eigenvalue weighted by Crippen LogP contribution is -2.48. The molecule has 1 aromatic rings. The molecule has 2 saturated heterocycles. The minimum absolute atomic E-state index is 0.0109. The molecule has 0 radical (unpaired) electrons. The predicted octanol–water partition coefficient (Wildman–Crippen LogP) is 2.90. The van der Waals surface area contributed by atoms with Crippen LogP contribution in [0.1, 0.15) is 51.5 Å². The molecule has 7 heteroatoms. The topological polar surface area (TPSA) is 79.0 Å². The van der Waals surface area contributed by atoms with Crippen molar-refractivity contribution in [1.29, 1.82) is 0 Å². The summed E-state index contributed by atoms with van der Waals surface area (Å²) in [5.74, 6) is -0.0425. The summed E-state index contributed by atoms with van der Waals surface area (Å²) in [6, 6.07) is 8.01. The van der Waals surface area contributed by atoms with E-state index in [0.29, 0.717) is 45.0 Å². The van der Waals surface area contributed by atoms with Gasteiger partial charge >= 0.3 is 6.09 Å². The number of hydrogen-bond donors (Lipinski definition) is 1. The van der Waals surface area contributed by atoms with Gasteiger partial charge in [-0.3, -0.25) is 9.59 Å². The number of carbonyl (C=O) groups is 3. The van der Waals surface area contributed by atoms with Crippen molar-refractivity contribution in [3.63, 3.8) is 0 Å². The van der Waals surface area contributed by atoms with Gasteiger partial charge in [0.2, 0.25) is 11.8 Å². The molecule has 3 amide bonds. The minimum Gasteiger partial charge on any atom is -0.450 e. The second-order valence-electron chi connectivity index (χ2n) is 8.12. The van der Waals surface area contributed by atoms with Gasteiger partial charge in [-0.15, -0.1) is 0 Å². The lowest BCUT2D eigenvalue weighted by molar-refractivity contribution is -0.127. The molecular weight excluding hydrogens is 370 g/mol. The molecule has 3 rings (SSSR count). The molecule has 0 saturated carbocycles. The second-order valence-corrected chi connectivity index (χ2v) is 8.12. The molecule has 158 valence electrons. The Hall–Kier alpha value is -2.57. The van der Waals surface area contributed by atoms with Gasteiger partial charge in [0.1, 0.15) is 0 Å². The zero-order valence-electron chi connectivity index (χ0n) is 17.5. The molecule has 1 N–H and O–H groups in total. The Bertz CT molecular complexity index is 756. The molecule has 0 spiro atoms. The van der Waals surface area contributed by atoms with Crippen molar-refractivity contribution >= 4 is 23.6 Å². The number of nitrogens with one attached hydrogen (secondary N) is 1. The van der Waals surface area contributed by atoms with Gasteiger partial charge in [-0.1, -0.05) is 26.0 Å². The molecule has 2 fully saturated rings. The Kier molecular flexibility index (Phi) is 6.77. The Morgan fingerprint density at radius 2 is 1.97 bits per heavy atom. The summed E-state index contributed by atoms with van der Waals surface area (Å²) in [5.41, 5.74) is 2.04. The molecular formula is C22H31N3O4. The summed E-state index contributed by atoms with van der Waals surface area (Å²) < 4.78 is 5.02. The van der Waals surface area contributed by atoms with Gasteiger partial charge in [0.05, 0.1) is 12.5 Å². The van der Waals surface area contributed by atoms with Crippen LogP contribution in [0.2, 0.25) is 0 Å². The number of rotatable bonds is 5.